The Hall–Kier alpha value is -1.13. The standard InChI is InChI=1S/C11H8BrClN2O/c12-9-4-2-6-15(11(9)16)7-8-3-1-5-10(13)14-8/h1-6H,7H2. The van der Waals surface area contributed by atoms with Gasteiger partial charge in [0.25, 0.3) is 5.56 Å². The van der Waals surface area contributed by atoms with E-state index in [9.17, 15) is 4.79 Å². The van der Waals surface area contributed by atoms with Crippen LogP contribution in [0.25, 0.3) is 0 Å². The Morgan fingerprint density at radius 2 is 2.12 bits per heavy atom. The van der Waals surface area contributed by atoms with Crippen LogP contribution < -0.4 is 5.56 Å². The molecule has 0 aliphatic rings. The molecule has 0 aromatic carbocycles. The predicted octanol–water partition coefficient (Wildman–Crippen LogP) is 2.71. The molecular weight excluding hydrogens is 291 g/mol. The largest absolute Gasteiger partial charge is 0.309 e. The first-order valence-corrected chi connectivity index (χ1v) is 5.80. The van der Waals surface area contributed by atoms with Crippen molar-refractivity contribution in [1.29, 1.82) is 0 Å². The molecule has 0 spiro atoms. The maximum atomic E-state index is 11.7. The zero-order valence-corrected chi connectivity index (χ0v) is 10.6. The molecule has 2 rings (SSSR count). The van der Waals surface area contributed by atoms with Crippen LogP contribution in [0.4, 0.5) is 0 Å². The van der Waals surface area contributed by atoms with E-state index < -0.39 is 0 Å². The van der Waals surface area contributed by atoms with E-state index in [1.165, 1.54) is 0 Å². The Morgan fingerprint density at radius 3 is 2.88 bits per heavy atom. The summed E-state index contributed by atoms with van der Waals surface area (Å²) in [7, 11) is 0. The summed E-state index contributed by atoms with van der Waals surface area (Å²) in [4.78, 5) is 15.8. The van der Waals surface area contributed by atoms with E-state index in [1.54, 1.807) is 29.0 Å². The highest BCUT2D eigenvalue weighted by Crippen LogP contribution is 2.07. The number of nitrogens with zero attached hydrogens (tertiary/aromatic N) is 2. The minimum absolute atomic E-state index is 0.0794. The molecule has 0 bridgehead atoms. The molecule has 0 aliphatic carbocycles. The normalized spacial score (nSPS) is 10.4. The van der Waals surface area contributed by atoms with Gasteiger partial charge in [-0.05, 0) is 40.2 Å². The Balaban J connectivity index is 2.34. The van der Waals surface area contributed by atoms with Crippen molar-refractivity contribution < 1.29 is 0 Å². The van der Waals surface area contributed by atoms with Crippen LogP contribution in [-0.2, 0) is 6.54 Å². The van der Waals surface area contributed by atoms with Crippen LogP contribution in [0.2, 0.25) is 5.15 Å². The molecule has 0 amide bonds. The molecule has 0 saturated carbocycles. The molecule has 0 N–H and O–H groups in total. The number of pyridine rings is 2. The summed E-state index contributed by atoms with van der Waals surface area (Å²) < 4.78 is 2.11. The molecule has 2 aromatic heterocycles. The van der Waals surface area contributed by atoms with Gasteiger partial charge in [-0.1, -0.05) is 17.7 Å². The lowest BCUT2D eigenvalue weighted by atomic mass is 10.3. The molecule has 2 aromatic rings. The van der Waals surface area contributed by atoms with Crippen molar-refractivity contribution in [1.82, 2.24) is 9.55 Å². The quantitative estimate of drug-likeness (QED) is 0.799. The number of hydrogen-bond acceptors (Lipinski definition) is 2. The van der Waals surface area contributed by atoms with Gasteiger partial charge in [0.15, 0.2) is 0 Å². The molecule has 0 fully saturated rings. The maximum Gasteiger partial charge on any atom is 0.265 e. The van der Waals surface area contributed by atoms with E-state index in [0.717, 1.165) is 5.69 Å². The number of hydrogen-bond donors (Lipinski definition) is 0. The summed E-state index contributed by atoms with van der Waals surface area (Å²) in [6.07, 6.45) is 1.72. The monoisotopic (exact) mass is 298 g/mol. The molecule has 0 radical (unpaired) electrons. The van der Waals surface area contributed by atoms with Gasteiger partial charge in [-0.15, -0.1) is 0 Å². The van der Waals surface area contributed by atoms with Gasteiger partial charge in [-0.3, -0.25) is 4.79 Å². The molecule has 0 aliphatic heterocycles. The summed E-state index contributed by atoms with van der Waals surface area (Å²) in [5, 5.41) is 0.431. The first-order valence-electron chi connectivity index (χ1n) is 4.63. The Labute approximate surface area is 106 Å². The van der Waals surface area contributed by atoms with Crippen molar-refractivity contribution in [3.05, 3.63) is 62.2 Å². The molecule has 16 heavy (non-hydrogen) atoms. The second-order valence-electron chi connectivity index (χ2n) is 3.24. The number of halogens is 2. The van der Waals surface area contributed by atoms with Gasteiger partial charge in [0.1, 0.15) is 5.15 Å². The highest BCUT2D eigenvalue weighted by atomic mass is 79.9. The first kappa shape index (κ1) is 11.4. The van der Waals surface area contributed by atoms with Crippen LogP contribution in [0.1, 0.15) is 5.69 Å². The maximum absolute atomic E-state index is 11.7. The topological polar surface area (TPSA) is 34.9 Å². The lowest BCUT2D eigenvalue weighted by Gasteiger charge is -2.05. The second kappa shape index (κ2) is 4.80. The fraction of sp³-hybridized carbons (Fsp3) is 0.0909. The van der Waals surface area contributed by atoms with Crippen molar-refractivity contribution >= 4 is 27.5 Å². The molecule has 0 atom stereocenters. The van der Waals surface area contributed by atoms with Gasteiger partial charge in [0.2, 0.25) is 0 Å². The fourth-order valence-electron chi connectivity index (χ4n) is 1.34. The van der Waals surface area contributed by atoms with Crippen molar-refractivity contribution in [3.8, 4) is 0 Å². The zero-order valence-electron chi connectivity index (χ0n) is 8.23. The van der Waals surface area contributed by atoms with Crippen LogP contribution in [0, 0.1) is 0 Å². The molecule has 0 saturated heterocycles. The molecule has 0 unspecified atom stereocenters. The zero-order chi connectivity index (χ0) is 11.5. The molecule has 3 nitrogen and oxygen atoms in total. The third-order valence-corrected chi connectivity index (χ3v) is 2.89. The number of aromatic nitrogens is 2. The van der Waals surface area contributed by atoms with Crippen molar-refractivity contribution in [2.45, 2.75) is 6.54 Å². The summed E-state index contributed by atoms with van der Waals surface area (Å²) >= 11 is 8.97. The predicted molar refractivity (Wildman–Crippen MR) is 66.8 cm³/mol. The van der Waals surface area contributed by atoms with E-state index >= 15 is 0 Å². The summed E-state index contributed by atoms with van der Waals surface area (Å²) in [6, 6.07) is 8.86. The van der Waals surface area contributed by atoms with Crippen molar-refractivity contribution in [2.24, 2.45) is 0 Å². The molecule has 5 heteroatoms. The van der Waals surface area contributed by atoms with E-state index in [-0.39, 0.29) is 5.56 Å². The van der Waals surface area contributed by atoms with Crippen LogP contribution in [0.15, 0.2) is 45.8 Å². The lowest BCUT2D eigenvalue weighted by molar-refractivity contribution is 0.736. The third kappa shape index (κ3) is 2.51. The minimum Gasteiger partial charge on any atom is -0.309 e. The van der Waals surface area contributed by atoms with Gasteiger partial charge in [0, 0.05) is 6.20 Å². The van der Waals surface area contributed by atoms with Crippen LogP contribution in [0.3, 0.4) is 0 Å². The Kier molecular flexibility index (Phi) is 3.41. The highest BCUT2D eigenvalue weighted by molar-refractivity contribution is 9.10. The van der Waals surface area contributed by atoms with Crippen LogP contribution >= 0.6 is 27.5 Å². The molecule has 2 heterocycles. The van der Waals surface area contributed by atoms with Crippen molar-refractivity contribution in [2.75, 3.05) is 0 Å². The number of rotatable bonds is 2. The second-order valence-corrected chi connectivity index (χ2v) is 4.48. The van der Waals surface area contributed by atoms with Gasteiger partial charge < -0.3 is 4.57 Å². The highest BCUT2D eigenvalue weighted by Gasteiger charge is 2.02. The lowest BCUT2D eigenvalue weighted by Crippen LogP contribution is -2.20. The van der Waals surface area contributed by atoms with E-state index in [0.29, 0.717) is 16.2 Å². The molecule has 82 valence electrons. The summed E-state index contributed by atoms with van der Waals surface area (Å²) in [6.45, 7) is 0.416. The molecular formula is C11H8BrClN2O. The van der Waals surface area contributed by atoms with Crippen LogP contribution in [0.5, 0.6) is 0 Å². The summed E-state index contributed by atoms with van der Waals surface area (Å²) in [5.74, 6) is 0. The fourth-order valence-corrected chi connectivity index (χ4v) is 1.91. The Bertz CT molecular complexity index is 568. The van der Waals surface area contributed by atoms with Gasteiger partial charge in [-0.2, -0.15) is 0 Å². The average Bonchev–Trinajstić information content (AvgIpc) is 2.25. The van der Waals surface area contributed by atoms with E-state index in [1.807, 2.05) is 12.1 Å². The summed E-state index contributed by atoms with van der Waals surface area (Å²) in [5.41, 5.74) is 0.678. The van der Waals surface area contributed by atoms with Gasteiger partial charge in [-0.25, -0.2) is 4.98 Å². The van der Waals surface area contributed by atoms with E-state index in [4.69, 9.17) is 11.6 Å². The third-order valence-electron chi connectivity index (χ3n) is 2.08. The van der Waals surface area contributed by atoms with Gasteiger partial charge in [0.05, 0.1) is 16.7 Å². The van der Waals surface area contributed by atoms with E-state index in [2.05, 4.69) is 20.9 Å². The smallest absolute Gasteiger partial charge is 0.265 e. The van der Waals surface area contributed by atoms with Crippen molar-refractivity contribution in [3.63, 3.8) is 0 Å². The first-order chi connectivity index (χ1) is 7.66. The minimum atomic E-state index is -0.0794. The SMILES string of the molecule is O=c1c(Br)cccn1Cc1cccc(Cl)n1. The van der Waals surface area contributed by atoms with Crippen LogP contribution in [-0.4, -0.2) is 9.55 Å². The van der Waals surface area contributed by atoms with Gasteiger partial charge >= 0.3 is 0 Å². The average molecular weight is 300 g/mol. The Morgan fingerprint density at radius 1 is 1.31 bits per heavy atom.